The zero-order chi connectivity index (χ0) is 15.1. The van der Waals surface area contributed by atoms with Gasteiger partial charge < -0.3 is 15.4 Å². The molecule has 0 atom stereocenters. The van der Waals surface area contributed by atoms with E-state index in [-0.39, 0.29) is 12.8 Å². The summed E-state index contributed by atoms with van der Waals surface area (Å²) in [6, 6.07) is 8.20. The number of hydrogen-bond donors (Lipinski definition) is 2. The summed E-state index contributed by atoms with van der Waals surface area (Å²) in [4.78, 5) is 15.5. The van der Waals surface area contributed by atoms with Crippen LogP contribution in [0.3, 0.4) is 0 Å². The second-order valence-electron chi connectivity index (χ2n) is 4.08. The summed E-state index contributed by atoms with van der Waals surface area (Å²) >= 11 is 11.7. The van der Waals surface area contributed by atoms with Crippen LogP contribution in [0.15, 0.2) is 42.7 Å². The maximum Gasteiger partial charge on any atom is 0.317 e. The van der Waals surface area contributed by atoms with Crippen LogP contribution >= 0.6 is 23.2 Å². The van der Waals surface area contributed by atoms with Crippen LogP contribution in [-0.2, 0) is 6.54 Å². The minimum atomic E-state index is -0.344. The van der Waals surface area contributed by atoms with Crippen molar-refractivity contribution in [3.8, 4) is 5.75 Å². The van der Waals surface area contributed by atoms with Gasteiger partial charge in [0, 0.05) is 24.0 Å². The van der Waals surface area contributed by atoms with Gasteiger partial charge in [-0.3, -0.25) is 4.98 Å². The average Bonchev–Trinajstić information content (AvgIpc) is 2.48. The van der Waals surface area contributed by atoms with Crippen molar-refractivity contribution >= 4 is 29.2 Å². The molecule has 2 N–H and O–H groups in total. The number of hydrogen-bond acceptors (Lipinski definition) is 3. The standard InChI is InChI=1S/C14H13Cl2N3O2/c15-11-3-4-13(12(16)6-11)21-9-19-14(20)18-8-10-2-1-5-17-7-10/h1-7H,8-9H2,(H2,18,19,20). The number of pyridine rings is 1. The number of aromatic nitrogens is 1. The number of halogens is 2. The second kappa shape index (κ2) is 7.71. The van der Waals surface area contributed by atoms with Crippen molar-refractivity contribution in [2.24, 2.45) is 0 Å². The van der Waals surface area contributed by atoms with Gasteiger partial charge in [-0.15, -0.1) is 0 Å². The molecule has 0 aliphatic rings. The highest BCUT2D eigenvalue weighted by molar-refractivity contribution is 6.35. The van der Waals surface area contributed by atoms with Gasteiger partial charge in [0.05, 0.1) is 5.02 Å². The van der Waals surface area contributed by atoms with Gasteiger partial charge in [-0.25, -0.2) is 4.79 Å². The van der Waals surface area contributed by atoms with Crippen LogP contribution in [0.4, 0.5) is 4.79 Å². The lowest BCUT2D eigenvalue weighted by atomic mass is 10.3. The maximum absolute atomic E-state index is 11.6. The fourth-order valence-electron chi connectivity index (χ4n) is 1.52. The lowest BCUT2D eigenvalue weighted by molar-refractivity contribution is 0.223. The molecule has 0 spiro atoms. The molecule has 0 fully saturated rings. The van der Waals surface area contributed by atoms with Gasteiger partial charge in [0.1, 0.15) is 5.75 Å². The number of ether oxygens (including phenoxy) is 1. The summed E-state index contributed by atoms with van der Waals surface area (Å²) in [6.07, 6.45) is 3.36. The number of nitrogens with zero attached hydrogens (tertiary/aromatic N) is 1. The molecule has 1 aromatic carbocycles. The van der Waals surface area contributed by atoms with Crippen molar-refractivity contribution in [1.29, 1.82) is 0 Å². The molecule has 0 saturated carbocycles. The van der Waals surface area contributed by atoms with E-state index in [0.29, 0.717) is 22.3 Å². The molecular formula is C14H13Cl2N3O2. The van der Waals surface area contributed by atoms with E-state index in [2.05, 4.69) is 15.6 Å². The minimum absolute atomic E-state index is 0.000224. The largest absolute Gasteiger partial charge is 0.472 e. The number of rotatable bonds is 5. The van der Waals surface area contributed by atoms with E-state index in [4.69, 9.17) is 27.9 Å². The topological polar surface area (TPSA) is 63.2 Å². The van der Waals surface area contributed by atoms with E-state index in [1.165, 1.54) is 0 Å². The first-order chi connectivity index (χ1) is 10.1. The van der Waals surface area contributed by atoms with Gasteiger partial charge in [-0.1, -0.05) is 29.3 Å². The monoisotopic (exact) mass is 325 g/mol. The molecule has 2 amide bonds. The highest BCUT2D eigenvalue weighted by Gasteiger charge is 2.04. The van der Waals surface area contributed by atoms with Gasteiger partial charge in [0.2, 0.25) is 0 Å². The third kappa shape index (κ3) is 5.13. The molecule has 21 heavy (non-hydrogen) atoms. The molecule has 0 aliphatic heterocycles. The molecule has 2 rings (SSSR count). The van der Waals surface area contributed by atoms with Gasteiger partial charge in [-0.05, 0) is 29.8 Å². The minimum Gasteiger partial charge on any atom is -0.472 e. The van der Waals surface area contributed by atoms with Crippen LogP contribution in [0, 0.1) is 0 Å². The molecular weight excluding hydrogens is 313 g/mol. The predicted octanol–water partition coefficient (Wildman–Crippen LogP) is 3.22. The van der Waals surface area contributed by atoms with E-state index in [0.717, 1.165) is 5.56 Å². The summed E-state index contributed by atoms with van der Waals surface area (Å²) in [5.41, 5.74) is 0.911. The Kier molecular flexibility index (Phi) is 5.66. The van der Waals surface area contributed by atoms with Crippen molar-refractivity contribution in [3.05, 3.63) is 58.3 Å². The van der Waals surface area contributed by atoms with Crippen LogP contribution < -0.4 is 15.4 Å². The third-order valence-electron chi connectivity index (χ3n) is 2.53. The molecule has 1 aromatic heterocycles. The van der Waals surface area contributed by atoms with Gasteiger partial charge in [0.15, 0.2) is 6.73 Å². The van der Waals surface area contributed by atoms with Crippen LogP contribution in [0.5, 0.6) is 5.75 Å². The maximum atomic E-state index is 11.6. The van der Waals surface area contributed by atoms with E-state index in [9.17, 15) is 4.79 Å². The van der Waals surface area contributed by atoms with Crippen LogP contribution in [-0.4, -0.2) is 17.7 Å². The van der Waals surface area contributed by atoms with Gasteiger partial charge in [-0.2, -0.15) is 0 Å². The van der Waals surface area contributed by atoms with E-state index in [1.807, 2.05) is 6.07 Å². The fourth-order valence-corrected chi connectivity index (χ4v) is 1.98. The number of amides is 2. The Labute approximate surface area is 132 Å². The highest BCUT2D eigenvalue weighted by atomic mass is 35.5. The predicted molar refractivity (Wildman–Crippen MR) is 81.6 cm³/mol. The summed E-state index contributed by atoms with van der Waals surface area (Å²) in [6.45, 7) is 0.390. The molecule has 110 valence electrons. The number of urea groups is 1. The van der Waals surface area contributed by atoms with E-state index < -0.39 is 0 Å². The molecule has 0 radical (unpaired) electrons. The number of carbonyl (C=O) groups excluding carboxylic acids is 1. The molecule has 0 unspecified atom stereocenters. The molecule has 7 heteroatoms. The Bertz CT molecular complexity index is 608. The summed E-state index contributed by atoms with van der Waals surface area (Å²) in [5.74, 6) is 0.452. The first-order valence-electron chi connectivity index (χ1n) is 6.13. The van der Waals surface area contributed by atoms with Gasteiger partial charge >= 0.3 is 6.03 Å². The Morgan fingerprint density at radius 2 is 2.10 bits per heavy atom. The van der Waals surface area contributed by atoms with E-state index >= 15 is 0 Å². The second-order valence-corrected chi connectivity index (χ2v) is 4.93. The molecule has 1 heterocycles. The van der Waals surface area contributed by atoms with Crippen LogP contribution in [0.1, 0.15) is 5.56 Å². The van der Waals surface area contributed by atoms with Crippen LogP contribution in [0.2, 0.25) is 10.0 Å². The highest BCUT2D eigenvalue weighted by Crippen LogP contribution is 2.27. The molecule has 2 aromatic rings. The van der Waals surface area contributed by atoms with Crippen LogP contribution in [0.25, 0.3) is 0 Å². The number of benzene rings is 1. The summed E-state index contributed by atoms with van der Waals surface area (Å²) < 4.78 is 5.34. The third-order valence-corrected chi connectivity index (χ3v) is 3.06. The van der Waals surface area contributed by atoms with Crippen molar-refractivity contribution in [1.82, 2.24) is 15.6 Å². The fraction of sp³-hybridized carbons (Fsp3) is 0.143. The zero-order valence-electron chi connectivity index (χ0n) is 11.0. The summed E-state index contributed by atoms with van der Waals surface area (Å²) in [5, 5.41) is 6.16. The Hall–Kier alpha value is -1.98. The zero-order valence-corrected chi connectivity index (χ0v) is 12.5. The first kappa shape index (κ1) is 15.4. The summed E-state index contributed by atoms with van der Waals surface area (Å²) in [7, 11) is 0. The Morgan fingerprint density at radius 3 is 2.81 bits per heavy atom. The van der Waals surface area contributed by atoms with Crippen molar-refractivity contribution in [3.63, 3.8) is 0 Å². The average molecular weight is 326 g/mol. The number of carbonyl (C=O) groups is 1. The Balaban J connectivity index is 1.72. The molecule has 0 bridgehead atoms. The Morgan fingerprint density at radius 1 is 1.24 bits per heavy atom. The van der Waals surface area contributed by atoms with Gasteiger partial charge in [0.25, 0.3) is 0 Å². The van der Waals surface area contributed by atoms with Crippen molar-refractivity contribution < 1.29 is 9.53 Å². The smallest absolute Gasteiger partial charge is 0.317 e. The van der Waals surface area contributed by atoms with E-state index in [1.54, 1.807) is 36.7 Å². The SMILES string of the molecule is O=C(NCOc1ccc(Cl)cc1Cl)NCc1cccnc1. The first-order valence-corrected chi connectivity index (χ1v) is 6.89. The lowest BCUT2D eigenvalue weighted by Gasteiger charge is -2.10. The van der Waals surface area contributed by atoms with Crippen molar-refractivity contribution in [2.45, 2.75) is 6.54 Å². The normalized spacial score (nSPS) is 10.0. The number of nitrogens with one attached hydrogen (secondary N) is 2. The molecule has 0 saturated heterocycles. The molecule has 5 nitrogen and oxygen atoms in total. The quantitative estimate of drug-likeness (QED) is 0.829. The molecule has 0 aliphatic carbocycles. The van der Waals surface area contributed by atoms with Crippen molar-refractivity contribution in [2.75, 3.05) is 6.73 Å². The lowest BCUT2D eigenvalue weighted by Crippen LogP contribution is -2.37.